The van der Waals surface area contributed by atoms with Crippen LogP contribution in [0.1, 0.15) is 24.8 Å². The Morgan fingerprint density at radius 1 is 1.18 bits per heavy atom. The number of amides is 1. The Morgan fingerprint density at radius 3 is 2.68 bits per heavy atom. The SMILES string of the molecule is NC(=O)CN1CC[C@@](O)(Cn2cnc3c(N(Cc4ccc(-n5cccn5)cc4)C4CC4)ncnc32)[C@H](O)C1. The molecule has 0 bridgehead atoms. The number of carbonyl (C=O) groups excluding carboxylic acids is 1. The third-order valence-electron chi connectivity index (χ3n) is 7.44. The van der Waals surface area contributed by atoms with E-state index in [1.54, 1.807) is 22.0 Å². The molecule has 3 aromatic heterocycles. The van der Waals surface area contributed by atoms with Crippen molar-refractivity contribution in [3.8, 4) is 5.69 Å². The fourth-order valence-corrected chi connectivity index (χ4v) is 5.20. The average molecular weight is 518 g/mol. The van der Waals surface area contributed by atoms with Crippen molar-refractivity contribution in [1.29, 1.82) is 0 Å². The molecule has 2 atom stereocenters. The van der Waals surface area contributed by atoms with Crippen molar-refractivity contribution in [2.45, 2.75) is 50.1 Å². The highest BCUT2D eigenvalue weighted by atomic mass is 16.3. The molecule has 4 N–H and O–H groups in total. The first kappa shape index (κ1) is 24.5. The normalized spacial score (nSPS) is 22.1. The summed E-state index contributed by atoms with van der Waals surface area (Å²) in [6.07, 6.45) is 8.28. The fourth-order valence-electron chi connectivity index (χ4n) is 5.20. The Hall–Kier alpha value is -3.87. The van der Waals surface area contributed by atoms with Crippen molar-refractivity contribution >= 4 is 22.9 Å². The molecule has 6 rings (SSSR count). The van der Waals surface area contributed by atoms with Gasteiger partial charge in [0.15, 0.2) is 17.0 Å². The van der Waals surface area contributed by atoms with E-state index in [1.807, 2.05) is 16.9 Å². The lowest BCUT2D eigenvalue weighted by molar-refractivity contribution is -0.135. The van der Waals surface area contributed by atoms with Crippen LogP contribution in [0.5, 0.6) is 0 Å². The van der Waals surface area contributed by atoms with E-state index in [1.165, 1.54) is 6.33 Å². The van der Waals surface area contributed by atoms with Crippen LogP contribution in [-0.4, -0.2) is 87.7 Å². The quantitative estimate of drug-likeness (QED) is 0.288. The van der Waals surface area contributed by atoms with E-state index in [-0.39, 0.29) is 19.6 Å². The Morgan fingerprint density at radius 2 is 2.00 bits per heavy atom. The molecule has 1 aromatic carbocycles. The van der Waals surface area contributed by atoms with Gasteiger partial charge >= 0.3 is 0 Å². The van der Waals surface area contributed by atoms with Gasteiger partial charge in [0.1, 0.15) is 11.9 Å². The van der Waals surface area contributed by atoms with E-state index in [9.17, 15) is 15.0 Å². The summed E-state index contributed by atoms with van der Waals surface area (Å²) in [5.41, 5.74) is 7.34. The molecule has 1 aliphatic heterocycles. The Labute approximate surface area is 219 Å². The monoisotopic (exact) mass is 517 g/mol. The highest BCUT2D eigenvalue weighted by molar-refractivity contribution is 5.83. The minimum Gasteiger partial charge on any atom is -0.389 e. The number of aliphatic hydroxyl groups excluding tert-OH is 1. The first-order valence-corrected chi connectivity index (χ1v) is 12.8. The number of carbonyl (C=O) groups is 1. The summed E-state index contributed by atoms with van der Waals surface area (Å²) in [5, 5.41) is 26.3. The number of hydrogen-bond donors (Lipinski definition) is 3. The number of fused-ring (bicyclic) bond motifs is 1. The van der Waals surface area contributed by atoms with Gasteiger partial charge in [0.2, 0.25) is 5.91 Å². The van der Waals surface area contributed by atoms with Crippen molar-refractivity contribution in [3.63, 3.8) is 0 Å². The minimum absolute atomic E-state index is 0.0563. The van der Waals surface area contributed by atoms with Crippen LogP contribution < -0.4 is 10.6 Å². The van der Waals surface area contributed by atoms with Crippen molar-refractivity contribution in [3.05, 3.63) is 60.9 Å². The van der Waals surface area contributed by atoms with Crippen LogP contribution in [0, 0.1) is 0 Å². The molecule has 198 valence electrons. The summed E-state index contributed by atoms with van der Waals surface area (Å²) in [7, 11) is 0. The Bertz CT molecular complexity index is 1420. The number of nitrogens with zero attached hydrogens (tertiary/aromatic N) is 8. The number of primary amides is 1. The highest BCUT2D eigenvalue weighted by Gasteiger charge is 2.41. The van der Waals surface area contributed by atoms with Crippen LogP contribution in [0.3, 0.4) is 0 Å². The summed E-state index contributed by atoms with van der Waals surface area (Å²) in [4.78, 5) is 29.0. The second-order valence-electron chi connectivity index (χ2n) is 10.3. The van der Waals surface area contributed by atoms with E-state index in [2.05, 4.69) is 49.2 Å². The lowest BCUT2D eigenvalue weighted by Crippen LogP contribution is -2.58. The second kappa shape index (κ2) is 9.78. The zero-order valence-electron chi connectivity index (χ0n) is 21.0. The van der Waals surface area contributed by atoms with Crippen molar-refractivity contribution in [2.75, 3.05) is 24.5 Å². The van der Waals surface area contributed by atoms with Crippen LogP contribution in [-0.2, 0) is 17.9 Å². The molecule has 38 heavy (non-hydrogen) atoms. The number of aliphatic hydroxyl groups is 2. The van der Waals surface area contributed by atoms with Gasteiger partial charge in [-0.3, -0.25) is 9.69 Å². The van der Waals surface area contributed by atoms with Crippen LogP contribution in [0.4, 0.5) is 5.82 Å². The molecule has 1 saturated heterocycles. The largest absolute Gasteiger partial charge is 0.389 e. The number of β-amino-alcohol motifs (C(OH)–C–C–N with tert-alkyl or cyclic N) is 1. The van der Waals surface area contributed by atoms with Crippen molar-refractivity contribution in [1.82, 2.24) is 34.2 Å². The molecule has 2 aliphatic rings. The zero-order chi connectivity index (χ0) is 26.3. The maximum Gasteiger partial charge on any atom is 0.231 e. The van der Waals surface area contributed by atoms with Gasteiger partial charge in [-0.05, 0) is 43.0 Å². The van der Waals surface area contributed by atoms with E-state index in [0.717, 1.165) is 29.9 Å². The molecule has 1 amide bonds. The van der Waals surface area contributed by atoms with E-state index < -0.39 is 17.6 Å². The standard InChI is InChI=1S/C26H31N9O3/c27-22(37)14-32-11-8-26(38,21(36)13-32)15-33-17-30-23-24(33)28-16-29-25(23)34(19-6-7-19)12-18-2-4-20(5-3-18)35-10-1-9-31-35/h1-5,9-10,16-17,19,21,36,38H,6-8,11-15H2,(H2,27,37)/t21-,26-/m1/s1. The summed E-state index contributed by atoms with van der Waals surface area (Å²) in [6, 6.07) is 10.6. The second-order valence-corrected chi connectivity index (χ2v) is 10.3. The lowest BCUT2D eigenvalue weighted by Gasteiger charge is -2.41. The highest BCUT2D eigenvalue weighted by Crippen LogP contribution is 2.35. The van der Waals surface area contributed by atoms with Crippen LogP contribution in [0.25, 0.3) is 16.9 Å². The van der Waals surface area contributed by atoms with Gasteiger partial charge in [-0.2, -0.15) is 5.10 Å². The number of nitrogens with two attached hydrogens (primary N) is 1. The molecule has 1 aliphatic carbocycles. The third kappa shape index (κ3) is 4.85. The molecule has 4 aromatic rings. The lowest BCUT2D eigenvalue weighted by atomic mass is 9.88. The molecule has 12 nitrogen and oxygen atoms in total. The molecule has 2 fully saturated rings. The van der Waals surface area contributed by atoms with Crippen molar-refractivity contribution < 1.29 is 15.0 Å². The van der Waals surface area contributed by atoms with Gasteiger partial charge < -0.3 is 25.4 Å². The molecular formula is C26H31N9O3. The number of anilines is 1. The van der Waals surface area contributed by atoms with E-state index >= 15 is 0 Å². The number of benzene rings is 1. The zero-order valence-corrected chi connectivity index (χ0v) is 21.0. The summed E-state index contributed by atoms with van der Waals surface area (Å²) < 4.78 is 3.60. The van der Waals surface area contributed by atoms with Crippen LogP contribution >= 0.6 is 0 Å². The third-order valence-corrected chi connectivity index (χ3v) is 7.44. The summed E-state index contributed by atoms with van der Waals surface area (Å²) in [6.45, 7) is 1.49. The average Bonchev–Trinajstić information content (AvgIpc) is 3.43. The van der Waals surface area contributed by atoms with Gasteiger partial charge in [0.25, 0.3) is 0 Å². The molecule has 1 saturated carbocycles. The molecule has 0 spiro atoms. The number of piperidine rings is 1. The topological polar surface area (TPSA) is 151 Å². The van der Waals surface area contributed by atoms with Gasteiger partial charge in [0, 0.05) is 38.1 Å². The molecule has 4 heterocycles. The molecule has 0 radical (unpaired) electrons. The van der Waals surface area contributed by atoms with Gasteiger partial charge in [-0.15, -0.1) is 0 Å². The maximum absolute atomic E-state index is 11.3. The fraction of sp³-hybridized carbons (Fsp3) is 0.423. The Kier molecular flexibility index (Phi) is 6.30. The molecule has 12 heteroatoms. The molecule has 0 unspecified atom stereocenters. The Balaban J connectivity index is 1.23. The predicted molar refractivity (Wildman–Crippen MR) is 139 cm³/mol. The van der Waals surface area contributed by atoms with Crippen molar-refractivity contribution in [2.24, 2.45) is 5.73 Å². The summed E-state index contributed by atoms with van der Waals surface area (Å²) in [5.74, 6) is 0.303. The first-order chi connectivity index (χ1) is 18.4. The maximum atomic E-state index is 11.3. The number of aromatic nitrogens is 6. The predicted octanol–water partition coefficient (Wildman–Crippen LogP) is 0.464. The smallest absolute Gasteiger partial charge is 0.231 e. The van der Waals surface area contributed by atoms with Gasteiger partial charge in [-0.25, -0.2) is 19.6 Å². The van der Waals surface area contributed by atoms with E-state index in [4.69, 9.17) is 5.73 Å². The number of imidazole rings is 1. The number of rotatable bonds is 9. The number of hydrogen-bond acceptors (Lipinski definition) is 9. The van der Waals surface area contributed by atoms with E-state index in [0.29, 0.717) is 36.7 Å². The number of likely N-dealkylation sites (tertiary alicyclic amines) is 1. The first-order valence-electron chi connectivity index (χ1n) is 12.8. The summed E-state index contributed by atoms with van der Waals surface area (Å²) >= 11 is 0. The minimum atomic E-state index is -1.38. The van der Waals surface area contributed by atoms with Crippen LogP contribution in [0.2, 0.25) is 0 Å². The van der Waals surface area contributed by atoms with Crippen LogP contribution in [0.15, 0.2) is 55.4 Å². The van der Waals surface area contributed by atoms with Gasteiger partial charge in [-0.1, -0.05) is 12.1 Å². The molecular weight excluding hydrogens is 486 g/mol. The van der Waals surface area contributed by atoms with Gasteiger partial charge in [0.05, 0.1) is 31.2 Å².